The van der Waals surface area contributed by atoms with E-state index in [9.17, 15) is 4.79 Å². The molecule has 0 aliphatic heterocycles. The maximum atomic E-state index is 12.5. The number of carbonyl (C=O) groups is 1. The molecule has 0 aliphatic rings. The number of hydrogen-bond donors (Lipinski definition) is 1. The molecule has 0 heterocycles. The number of benzene rings is 1. The zero-order valence-electron chi connectivity index (χ0n) is 17.6. The summed E-state index contributed by atoms with van der Waals surface area (Å²) in [5, 5.41) is 0. The molecule has 1 aromatic rings. The van der Waals surface area contributed by atoms with Crippen molar-refractivity contribution < 1.29 is 9.53 Å². The summed E-state index contributed by atoms with van der Waals surface area (Å²) in [6.45, 7) is 10.5. The Bertz CT molecular complexity index is 648. The molecule has 0 aliphatic carbocycles. The van der Waals surface area contributed by atoms with Crippen molar-refractivity contribution in [2.75, 3.05) is 6.54 Å². The molecule has 1 atom stereocenters. The van der Waals surface area contributed by atoms with Crippen LogP contribution < -0.4 is 5.73 Å². The first-order valence-electron chi connectivity index (χ1n) is 10.0. The number of aryl methyl sites for hydroxylation is 2. The fraction of sp³-hybridized carbons (Fsp3) is 0.565. The van der Waals surface area contributed by atoms with E-state index in [-0.39, 0.29) is 18.0 Å². The summed E-state index contributed by atoms with van der Waals surface area (Å²) in [5.41, 5.74) is 10.6. The lowest BCUT2D eigenvalue weighted by atomic mass is 9.93. The minimum atomic E-state index is -0.192. The Labute approximate surface area is 164 Å². The Morgan fingerprint density at radius 2 is 2.00 bits per heavy atom. The van der Waals surface area contributed by atoms with Crippen molar-refractivity contribution in [3.05, 3.63) is 46.7 Å². The number of esters is 1. The minimum absolute atomic E-state index is 0.109. The number of allylic oxidation sites excluding steroid dienone is 2. The largest absolute Gasteiger partial charge is 0.463 e. The average Bonchev–Trinajstić information content (AvgIpc) is 2.62. The van der Waals surface area contributed by atoms with E-state index in [4.69, 9.17) is 10.5 Å². The van der Waals surface area contributed by atoms with E-state index in [1.165, 1.54) is 16.7 Å². The monoisotopic (exact) mass is 372 g/mol. The zero-order chi connectivity index (χ0) is 20.2. The normalized spacial score (nSPS) is 13.7. The van der Waals surface area contributed by atoms with Gasteiger partial charge in [-0.15, -0.1) is 0 Å². The number of hydrogen-bond acceptors (Lipinski definition) is 4. The van der Waals surface area contributed by atoms with Crippen molar-refractivity contribution in [3.63, 3.8) is 0 Å². The van der Waals surface area contributed by atoms with Gasteiger partial charge in [-0.1, -0.05) is 29.8 Å². The first kappa shape index (κ1) is 23.1. The second-order valence-corrected chi connectivity index (χ2v) is 7.36. The molecule has 0 bridgehead atoms. The van der Waals surface area contributed by atoms with E-state index in [0.29, 0.717) is 13.0 Å². The van der Waals surface area contributed by atoms with Gasteiger partial charge in [-0.3, -0.25) is 9.79 Å². The summed E-state index contributed by atoms with van der Waals surface area (Å²) >= 11 is 0. The molecule has 0 radical (unpaired) electrons. The second kappa shape index (κ2) is 12.4. The summed E-state index contributed by atoms with van der Waals surface area (Å²) in [4.78, 5) is 17.1. The maximum absolute atomic E-state index is 12.5. The lowest BCUT2D eigenvalue weighted by molar-refractivity contribution is -0.152. The lowest BCUT2D eigenvalue weighted by Gasteiger charge is -2.19. The molecule has 4 nitrogen and oxygen atoms in total. The van der Waals surface area contributed by atoms with Crippen molar-refractivity contribution in [2.45, 2.75) is 72.8 Å². The van der Waals surface area contributed by atoms with Gasteiger partial charge in [0.15, 0.2) is 0 Å². The number of aliphatic imine (C=N–C) groups is 1. The first-order chi connectivity index (χ1) is 12.9. The summed E-state index contributed by atoms with van der Waals surface area (Å²) in [5.74, 6) is -0.336. The molecule has 0 saturated carbocycles. The molecule has 0 saturated heterocycles. The number of nitrogens with two attached hydrogens (primary N) is 1. The van der Waals surface area contributed by atoms with Gasteiger partial charge in [0.2, 0.25) is 0 Å². The van der Waals surface area contributed by atoms with Gasteiger partial charge in [0.1, 0.15) is 0 Å². The second-order valence-electron chi connectivity index (χ2n) is 7.36. The van der Waals surface area contributed by atoms with Crippen LogP contribution in [0.3, 0.4) is 0 Å². The minimum Gasteiger partial charge on any atom is -0.463 e. The van der Waals surface area contributed by atoms with Crippen LogP contribution in [0.15, 0.2) is 40.5 Å². The Balaban J connectivity index is 2.92. The molecule has 0 spiro atoms. The highest BCUT2D eigenvalue weighted by atomic mass is 16.5. The number of carbonyl (C=O) groups excluding carboxylic acids is 1. The fourth-order valence-corrected chi connectivity index (χ4v) is 3.08. The Hall–Kier alpha value is -1.94. The van der Waals surface area contributed by atoms with Crippen LogP contribution in [0.25, 0.3) is 0 Å². The molecule has 27 heavy (non-hydrogen) atoms. The van der Waals surface area contributed by atoms with Crippen LogP contribution in [-0.4, -0.2) is 24.8 Å². The molecule has 0 aromatic heterocycles. The SMILES string of the molecule is CC=N/C(C[C@H](CCCN)C(=O)OC(C)C)=C(\C)CCc1ccccc1C. The van der Waals surface area contributed by atoms with Crippen molar-refractivity contribution in [2.24, 2.45) is 16.6 Å². The van der Waals surface area contributed by atoms with Crippen LogP contribution in [-0.2, 0) is 16.0 Å². The quantitative estimate of drug-likeness (QED) is 0.440. The van der Waals surface area contributed by atoms with E-state index in [0.717, 1.165) is 31.4 Å². The van der Waals surface area contributed by atoms with E-state index < -0.39 is 0 Å². The highest BCUT2D eigenvalue weighted by Gasteiger charge is 2.22. The van der Waals surface area contributed by atoms with Gasteiger partial charge in [0, 0.05) is 18.3 Å². The van der Waals surface area contributed by atoms with Crippen LogP contribution in [0.1, 0.15) is 64.5 Å². The smallest absolute Gasteiger partial charge is 0.309 e. The standard InChI is InChI=1S/C23H36N2O2/c1-6-25-22(16-21(12-9-15-24)23(26)27-17(2)3)19(5)13-14-20-11-8-7-10-18(20)4/h6-8,10-11,17,21H,9,12-16,24H2,1-5H3/b22-19+,25-6?/t21-/m0/s1. The van der Waals surface area contributed by atoms with Crippen molar-refractivity contribution in [3.8, 4) is 0 Å². The summed E-state index contributed by atoms with van der Waals surface area (Å²) in [6.07, 6.45) is 5.75. The van der Waals surface area contributed by atoms with Gasteiger partial charge in [-0.05, 0) is 78.0 Å². The predicted molar refractivity (Wildman–Crippen MR) is 114 cm³/mol. The van der Waals surface area contributed by atoms with Gasteiger partial charge in [0.25, 0.3) is 0 Å². The van der Waals surface area contributed by atoms with Crippen LogP contribution in [0.4, 0.5) is 0 Å². The van der Waals surface area contributed by atoms with Gasteiger partial charge >= 0.3 is 5.97 Å². The molecule has 0 amide bonds. The molecule has 1 rings (SSSR count). The Morgan fingerprint density at radius 3 is 2.59 bits per heavy atom. The summed E-state index contributed by atoms with van der Waals surface area (Å²) in [7, 11) is 0. The molecule has 0 fully saturated rings. The summed E-state index contributed by atoms with van der Waals surface area (Å²) in [6, 6.07) is 8.47. The van der Waals surface area contributed by atoms with E-state index in [2.05, 4.69) is 43.1 Å². The van der Waals surface area contributed by atoms with Crippen molar-refractivity contribution >= 4 is 12.2 Å². The number of nitrogens with zero attached hydrogens (tertiary/aromatic N) is 1. The predicted octanol–water partition coefficient (Wildman–Crippen LogP) is 4.99. The van der Waals surface area contributed by atoms with E-state index >= 15 is 0 Å². The summed E-state index contributed by atoms with van der Waals surface area (Å²) < 4.78 is 5.46. The topological polar surface area (TPSA) is 64.7 Å². The van der Waals surface area contributed by atoms with Crippen LogP contribution in [0.5, 0.6) is 0 Å². The molecule has 1 aromatic carbocycles. The van der Waals surface area contributed by atoms with E-state index in [1.807, 2.05) is 20.8 Å². The third-order valence-electron chi connectivity index (χ3n) is 4.69. The average molecular weight is 373 g/mol. The van der Waals surface area contributed by atoms with Gasteiger partial charge in [-0.25, -0.2) is 0 Å². The van der Waals surface area contributed by atoms with Crippen molar-refractivity contribution in [1.82, 2.24) is 0 Å². The van der Waals surface area contributed by atoms with Crippen molar-refractivity contribution in [1.29, 1.82) is 0 Å². The van der Waals surface area contributed by atoms with Crippen LogP contribution >= 0.6 is 0 Å². The van der Waals surface area contributed by atoms with Gasteiger partial charge in [0.05, 0.1) is 12.0 Å². The molecule has 0 unspecified atom stereocenters. The van der Waals surface area contributed by atoms with Gasteiger partial charge in [-0.2, -0.15) is 0 Å². The third-order valence-corrected chi connectivity index (χ3v) is 4.69. The number of ether oxygens (including phenoxy) is 1. The molecule has 2 N–H and O–H groups in total. The third kappa shape index (κ3) is 8.53. The molecular formula is C23H36N2O2. The molecule has 4 heteroatoms. The highest BCUT2D eigenvalue weighted by molar-refractivity contribution is 5.73. The lowest BCUT2D eigenvalue weighted by Crippen LogP contribution is -2.22. The fourth-order valence-electron chi connectivity index (χ4n) is 3.08. The number of rotatable bonds is 11. The Kier molecular flexibility index (Phi) is 10.6. The van der Waals surface area contributed by atoms with Gasteiger partial charge < -0.3 is 10.5 Å². The van der Waals surface area contributed by atoms with Crippen LogP contribution in [0.2, 0.25) is 0 Å². The van der Waals surface area contributed by atoms with E-state index in [1.54, 1.807) is 6.21 Å². The first-order valence-corrected chi connectivity index (χ1v) is 10.0. The van der Waals surface area contributed by atoms with Crippen LogP contribution in [0, 0.1) is 12.8 Å². The zero-order valence-corrected chi connectivity index (χ0v) is 17.6. The molecule has 150 valence electrons. The Morgan fingerprint density at radius 1 is 1.30 bits per heavy atom. The highest BCUT2D eigenvalue weighted by Crippen LogP contribution is 2.25. The maximum Gasteiger partial charge on any atom is 0.309 e. The molecular weight excluding hydrogens is 336 g/mol.